The lowest BCUT2D eigenvalue weighted by Crippen LogP contribution is -2.41. The molecule has 10 heteroatoms. The molecule has 0 aliphatic carbocycles. The first-order valence-electron chi connectivity index (χ1n) is 12.7. The number of carbonyl (C=O) groups is 3. The van der Waals surface area contributed by atoms with E-state index in [9.17, 15) is 19.5 Å². The standard InChI is InChI=1S/C28H32N4O6/c1-2-38-28(36)25(33)17-22(16-19-8-10-21(11-9-19)20-6-4-3-5-7-20)29-26(34)23-18-24(31-30-23)27(35)32-12-14-37-15-13-32/h3-11,18,22,25,33H,2,12-17H2,1H3,(H,29,34)(H,30,31)/t22?,25-/m1/s1. The van der Waals surface area contributed by atoms with Crippen molar-refractivity contribution in [3.63, 3.8) is 0 Å². The fraction of sp³-hybridized carbons (Fsp3) is 0.357. The van der Waals surface area contributed by atoms with Gasteiger partial charge in [-0.1, -0.05) is 54.6 Å². The molecule has 2 amide bonds. The van der Waals surface area contributed by atoms with E-state index in [1.54, 1.807) is 11.8 Å². The van der Waals surface area contributed by atoms with Crippen molar-refractivity contribution in [3.8, 4) is 11.1 Å². The Balaban J connectivity index is 1.46. The Morgan fingerprint density at radius 2 is 1.76 bits per heavy atom. The highest BCUT2D eigenvalue weighted by atomic mass is 16.5. The fourth-order valence-corrected chi connectivity index (χ4v) is 4.29. The second-order valence-corrected chi connectivity index (χ2v) is 9.01. The van der Waals surface area contributed by atoms with Gasteiger partial charge in [0, 0.05) is 31.6 Å². The van der Waals surface area contributed by atoms with E-state index in [4.69, 9.17) is 9.47 Å². The van der Waals surface area contributed by atoms with Crippen LogP contribution in [0.15, 0.2) is 60.7 Å². The number of carbonyl (C=O) groups excluding carboxylic acids is 3. The van der Waals surface area contributed by atoms with Crippen LogP contribution >= 0.6 is 0 Å². The van der Waals surface area contributed by atoms with Crippen LogP contribution in [0, 0.1) is 0 Å². The van der Waals surface area contributed by atoms with Crippen LogP contribution in [0.25, 0.3) is 11.1 Å². The zero-order valence-electron chi connectivity index (χ0n) is 21.3. The summed E-state index contributed by atoms with van der Waals surface area (Å²) < 4.78 is 10.2. The summed E-state index contributed by atoms with van der Waals surface area (Å²) in [5, 5.41) is 19.9. The summed E-state index contributed by atoms with van der Waals surface area (Å²) in [6.45, 7) is 3.64. The molecule has 0 spiro atoms. The van der Waals surface area contributed by atoms with Gasteiger partial charge in [0.15, 0.2) is 11.8 Å². The van der Waals surface area contributed by atoms with Crippen LogP contribution in [0.2, 0.25) is 0 Å². The number of aromatic amines is 1. The van der Waals surface area contributed by atoms with E-state index in [0.29, 0.717) is 32.7 Å². The number of rotatable bonds is 10. The van der Waals surface area contributed by atoms with Gasteiger partial charge in [-0.2, -0.15) is 5.10 Å². The van der Waals surface area contributed by atoms with Gasteiger partial charge in [0.1, 0.15) is 5.69 Å². The SMILES string of the molecule is CCOC(=O)[C@H](O)CC(Cc1ccc(-c2ccccc2)cc1)NC(=O)c1cc(C(=O)N2CCOCC2)n[nH]1. The monoisotopic (exact) mass is 520 g/mol. The van der Waals surface area contributed by atoms with E-state index >= 15 is 0 Å². The molecule has 2 aromatic carbocycles. The molecule has 1 aliphatic heterocycles. The zero-order valence-corrected chi connectivity index (χ0v) is 21.3. The third-order valence-corrected chi connectivity index (χ3v) is 6.28. The van der Waals surface area contributed by atoms with E-state index < -0.39 is 24.0 Å². The third-order valence-electron chi connectivity index (χ3n) is 6.28. The van der Waals surface area contributed by atoms with Gasteiger partial charge in [-0.05, 0) is 30.0 Å². The highest BCUT2D eigenvalue weighted by Gasteiger charge is 2.26. The van der Waals surface area contributed by atoms with E-state index in [1.807, 2.05) is 54.6 Å². The number of hydrogen-bond donors (Lipinski definition) is 3. The van der Waals surface area contributed by atoms with Crippen LogP contribution in [-0.2, 0) is 20.7 Å². The molecule has 1 unspecified atom stereocenters. The van der Waals surface area contributed by atoms with E-state index in [-0.39, 0.29) is 30.3 Å². The van der Waals surface area contributed by atoms with E-state index in [1.165, 1.54) is 6.07 Å². The molecule has 10 nitrogen and oxygen atoms in total. The largest absolute Gasteiger partial charge is 0.464 e. The van der Waals surface area contributed by atoms with Crippen LogP contribution < -0.4 is 5.32 Å². The quantitative estimate of drug-likeness (QED) is 0.349. The molecule has 38 heavy (non-hydrogen) atoms. The maximum Gasteiger partial charge on any atom is 0.335 e. The molecule has 1 aromatic heterocycles. The van der Waals surface area contributed by atoms with Crippen LogP contribution in [0.1, 0.15) is 39.9 Å². The molecular weight excluding hydrogens is 488 g/mol. The fourth-order valence-electron chi connectivity index (χ4n) is 4.29. The minimum atomic E-state index is -1.40. The predicted octanol–water partition coefficient (Wildman–Crippen LogP) is 2.20. The van der Waals surface area contributed by atoms with Gasteiger partial charge in [0.2, 0.25) is 0 Å². The van der Waals surface area contributed by atoms with Crippen molar-refractivity contribution >= 4 is 17.8 Å². The van der Waals surface area contributed by atoms with Gasteiger partial charge >= 0.3 is 5.97 Å². The number of H-pyrrole nitrogens is 1. The summed E-state index contributed by atoms with van der Waals surface area (Å²) >= 11 is 0. The number of morpholine rings is 1. The van der Waals surface area contributed by atoms with E-state index in [2.05, 4.69) is 15.5 Å². The van der Waals surface area contributed by atoms with Crippen molar-refractivity contribution in [1.29, 1.82) is 0 Å². The Bertz CT molecular complexity index is 1220. The molecule has 3 N–H and O–H groups in total. The van der Waals surface area contributed by atoms with Crippen LogP contribution in [-0.4, -0.2) is 83.0 Å². The Kier molecular flexibility index (Phi) is 9.23. The van der Waals surface area contributed by atoms with Crippen molar-refractivity contribution in [3.05, 3.63) is 77.6 Å². The molecule has 1 aliphatic rings. The second-order valence-electron chi connectivity index (χ2n) is 9.01. The first-order chi connectivity index (χ1) is 18.4. The molecular formula is C28H32N4O6. The van der Waals surface area contributed by atoms with Gasteiger partial charge in [0.05, 0.1) is 19.8 Å². The van der Waals surface area contributed by atoms with Crippen molar-refractivity contribution in [2.24, 2.45) is 0 Å². The van der Waals surface area contributed by atoms with Crippen LogP contribution in [0.5, 0.6) is 0 Å². The number of nitrogens with zero attached hydrogens (tertiary/aromatic N) is 2. The van der Waals surface area contributed by atoms with E-state index in [0.717, 1.165) is 16.7 Å². The van der Waals surface area contributed by atoms with Gasteiger partial charge < -0.3 is 24.8 Å². The number of aliphatic hydroxyl groups is 1. The molecule has 0 radical (unpaired) electrons. The molecule has 200 valence electrons. The summed E-state index contributed by atoms with van der Waals surface area (Å²) in [7, 11) is 0. The Morgan fingerprint density at radius 3 is 2.45 bits per heavy atom. The third kappa shape index (κ3) is 7.05. The lowest BCUT2D eigenvalue weighted by atomic mass is 9.97. The lowest BCUT2D eigenvalue weighted by Gasteiger charge is -2.25. The minimum absolute atomic E-state index is 0.0429. The van der Waals surface area contributed by atoms with Crippen molar-refractivity contribution in [2.75, 3.05) is 32.9 Å². The maximum atomic E-state index is 13.0. The zero-order chi connectivity index (χ0) is 26.9. The van der Waals surface area contributed by atoms with Crippen molar-refractivity contribution < 1.29 is 29.0 Å². The summed E-state index contributed by atoms with van der Waals surface area (Å²) in [6.07, 6.45) is -1.08. The number of ether oxygens (including phenoxy) is 2. The van der Waals surface area contributed by atoms with Gasteiger partial charge in [-0.15, -0.1) is 0 Å². The lowest BCUT2D eigenvalue weighted by molar-refractivity contribution is -0.153. The molecule has 4 rings (SSSR count). The predicted molar refractivity (Wildman–Crippen MR) is 139 cm³/mol. The van der Waals surface area contributed by atoms with Gasteiger partial charge in [-0.25, -0.2) is 4.79 Å². The Morgan fingerprint density at radius 1 is 1.08 bits per heavy atom. The van der Waals surface area contributed by atoms with Crippen molar-refractivity contribution in [1.82, 2.24) is 20.4 Å². The average Bonchev–Trinajstić information content (AvgIpc) is 3.45. The number of aromatic nitrogens is 2. The molecule has 0 bridgehead atoms. The second kappa shape index (κ2) is 13.0. The molecule has 3 aromatic rings. The number of esters is 1. The summed E-state index contributed by atoms with van der Waals surface area (Å²) in [5.74, 6) is -1.53. The minimum Gasteiger partial charge on any atom is -0.464 e. The average molecular weight is 521 g/mol. The first kappa shape index (κ1) is 27.0. The number of nitrogens with one attached hydrogen (secondary N) is 2. The van der Waals surface area contributed by atoms with Crippen LogP contribution in [0.3, 0.4) is 0 Å². The van der Waals surface area contributed by atoms with Crippen molar-refractivity contribution in [2.45, 2.75) is 31.9 Å². The Hall–Kier alpha value is -4.02. The molecule has 0 saturated carbocycles. The van der Waals surface area contributed by atoms with Crippen LogP contribution in [0.4, 0.5) is 0 Å². The Labute approximate surface area is 220 Å². The molecule has 2 atom stereocenters. The highest BCUT2D eigenvalue weighted by molar-refractivity contribution is 5.97. The smallest absolute Gasteiger partial charge is 0.335 e. The maximum absolute atomic E-state index is 13.0. The summed E-state index contributed by atoms with van der Waals surface area (Å²) in [4.78, 5) is 39.4. The number of hydrogen-bond acceptors (Lipinski definition) is 7. The topological polar surface area (TPSA) is 134 Å². The van der Waals surface area contributed by atoms with Gasteiger partial charge in [0.25, 0.3) is 11.8 Å². The molecule has 2 heterocycles. The number of aliphatic hydroxyl groups excluding tert-OH is 1. The number of amides is 2. The molecule has 1 saturated heterocycles. The van der Waals surface area contributed by atoms with Gasteiger partial charge in [-0.3, -0.25) is 14.7 Å². The number of benzene rings is 2. The summed E-state index contributed by atoms with van der Waals surface area (Å²) in [6, 6.07) is 18.6. The normalized spacial score (nSPS) is 14.9. The molecule has 1 fully saturated rings. The summed E-state index contributed by atoms with van der Waals surface area (Å²) in [5.41, 5.74) is 3.30. The first-order valence-corrected chi connectivity index (χ1v) is 12.7. The highest BCUT2D eigenvalue weighted by Crippen LogP contribution is 2.20.